The Balaban J connectivity index is 1.99. The highest BCUT2D eigenvalue weighted by Crippen LogP contribution is 2.19. The van der Waals surface area contributed by atoms with E-state index in [0.29, 0.717) is 18.0 Å². The van der Waals surface area contributed by atoms with Crippen LogP contribution >= 0.6 is 0 Å². The molecule has 0 bridgehead atoms. The van der Waals surface area contributed by atoms with Crippen molar-refractivity contribution >= 4 is 23.2 Å². The van der Waals surface area contributed by atoms with Gasteiger partial charge >= 0.3 is 5.88 Å². The highest BCUT2D eigenvalue weighted by molar-refractivity contribution is 5.89. The summed E-state index contributed by atoms with van der Waals surface area (Å²) in [6.45, 7) is 1.75. The molecule has 0 saturated heterocycles. The van der Waals surface area contributed by atoms with E-state index in [-0.39, 0.29) is 11.8 Å². The Morgan fingerprint density at radius 1 is 1.30 bits per heavy atom. The number of nitrogens with one attached hydrogen (secondary N) is 2. The first-order chi connectivity index (χ1) is 9.54. The van der Waals surface area contributed by atoms with Crippen LogP contribution in [-0.2, 0) is 11.3 Å². The standard InChI is InChI=1S/C13H13N3O4/c1-9(17)15-11-4-2-3-10(7-11)14-8-12-5-6-13(20-12)16(18)19/h2-7,14H,8H2,1H3,(H,15,17). The topological polar surface area (TPSA) is 97.4 Å². The summed E-state index contributed by atoms with van der Waals surface area (Å²) in [4.78, 5) is 20.9. The van der Waals surface area contributed by atoms with Gasteiger partial charge < -0.3 is 15.1 Å². The van der Waals surface area contributed by atoms with Gasteiger partial charge in [-0.15, -0.1) is 0 Å². The molecule has 0 fully saturated rings. The van der Waals surface area contributed by atoms with E-state index in [4.69, 9.17) is 4.42 Å². The zero-order valence-electron chi connectivity index (χ0n) is 10.8. The Kier molecular flexibility index (Phi) is 3.99. The van der Waals surface area contributed by atoms with Gasteiger partial charge in [0.25, 0.3) is 0 Å². The number of anilines is 2. The zero-order chi connectivity index (χ0) is 14.5. The molecule has 2 rings (SSSR count). The second-order valence-electron chi connectivity index (χ2n) is 4.11. The average Bonchev–Trinajstić information content (AvgIpc) is 2.85. The third-order valence-corrected chi connectivity index (χ3v) is 2.48. The fourth-order valence-corrected chi connectivity index (χ4v) is 1.66. The predicted octanol–water partition coefficient (Wildman–Crippen LogP) is 2.76. The van der Waals surface area contributed by atoms with E-state index in [1.807, 2.05) is 6.07 Å². The summed E-state index contributed by atoms with van der Waals surface area (Å²) < 4.78 is 5.03. The van der Waals surface area contributed by atoms with Crippen LogP contribution in [0.1, 0.15) is 12.7 Å². The zero-order valence-corrected chi connectivity index (χ0v) is 10.8. The number of nitrogens with zero attached hydrogens (tertiary/aromatic N) is 1. The Morgan fingerprint density at radius 2 is 2.05 bits per heavy atom. The van der Waals surface area contributed by atoms with Crippen LogP contribution in [0.2, 0.25) is 0 Å². The van der Waals surface area contributed by atoms with Crippen LogP contribution in [0.15, 0.2) is 40.8 Å². The molecule has 2 aromatic rings. The first-order valence-corrected chi connectivity index (χ1v) is 5.89. The van der Waals surface area contributed by atoms with Crippen LogP contribution in [0.4, 0.5) is 17.3 Å². The van der Waals surface area contributed by atoms with E-state index in [2.05, 4.69) is 10.6 Å². The van der Waals surface area contributed by atoms with Gasteiger partial charge in [0, 0.05) is 18.3 Å². The number of benzene rings is 1. The van der Waals surface area contributed by atoms with Crippen LogP contribution in [0, 0.1) is 10.1 Å². The van der Waals surface area contributed by atoms with E-state index in [0.717, 1.165) is 5.69 Å². The summed E-state index contributed by atoms with van der Waals surface area (Å²) >= 11 is 0. The number of hydrogen-bond donors (Lipinski definition) is 2. The lowest BCUT2D eigenvalue weighted by Crippen LogP contribution is -2.06. The SMILES string of the molecule is CC(=O)Nc1cccc(NCc2ccc([N+](=O)[O-])o2)c1. The van der Waals surface area contributed by atoms with E-state index in [1.165, 1.54) is 13.0 Å². The molecule has 7 heteroatoms. The maximum atomic E-state index is 11.0. The predicted molar refractivity (Wildman–Crippen MR) is 73.4 cm³/mol. The molecule has 104 valence electrons. The lowest BCUT2D eigenvalue weighted by molar-refractivity contribution is -0.402. The van der Waals surface area contributed by atoms with Crippen molar-refractivity contribution in [3.05, 3.63) is 52.3 Å². The quantitative estimate of drug-likeness (QED) is 0.646. The third-order valence-electron chi connectivity index (χ3n) is 2.48. The fourth-order valence-electron chi connectivity index (χ4n) is 1.66. The van der Waals surface area contributed by atoms with Gasteiger partial charge in [0.1, 0.15) is 10.7 Å². The van der Waals surface area contributed by atoms with Crippen LogP contribution in [-0.4, -0.2) is 10.8 Å². The molecule has 0 spiro atoms. The maximum Gasteiger partial charge on any atom is 0.433 e. The molecule has 0 aliphatic rings. The van der Waals surface area contributed by atoms with Gasteiger partial charge in [0.15, 0.2) is 0 Å². The Labute approximate surface area is 114 Å². The Bertz CT molecular complexity index is 636. The van der Waals surface area contributed by atoms with Crippen molar-refractivity contribution in [2.24, 2.45) is 0 Å². The van der Waals surface area contributed by atoms with Crippen LogP contribution in [0.3, 0.4) is 0 Å². The van der Waals surface area contributed by atoms with Crippen molar-refractivity contribution in [1.82, 2.24) is 0 Å². The van der Waals surface area contributed by atoms with E-state index in [1.54, 1.807) is 24.3 Å². The molecule has 1 aromatic heterocycles. The molecule has 20 heavy (non-hydrogen) atoms. The lowest BCUT2D eigenvalue weighted by atomic mass is 10.2. The van der Waals surface area contributed by atoms with Gasteiger partial charge in [-0.05, 0) is 24.3 Å². The summed E-state index contributed by atoms with van der Waals surface area (Å²) in [5, 5.41) is 16.2. The van der Waals surface area contributed by atoms with Crippen molar-refractivity contribution in [2.75, 3.05) is 10.6 Å². The fraction of sp³-hybridized carbons (Fsp3) is 0.154. The molecule has 1 aromatic carbocycles. The molecular formula is C13H13N3O4. The molecule has 0 aliphatic heterocycles. The third kappa shape index (κ3) is 3.58. The maximum absolute atomic E-state index is 11.0. The number of rotatable bonds is 5. The number of amides is 1. The van der Waals surface area contributed by atoms with Crippen molar-refractivity contribution in [1.29, 1.82) is 0 Å². The van der Waals surface area contributed by atoms with Crippen LogP contribution in [0.25, 0.3) is 0 Å². The minimum atomic E-state index is -0.582. The Hall–Kier alpha value is -2.83. The van der Waals surface area contributed by atoms with Gasteiger partial charge in [-0.2, -0.15) is 0 Å². The molecule has 2 N–H and O–H groups in total. The van der Waals surface area contributed by atoms with Crippen LogP contribution < -0.4 is 10.6 Å². The summed E-state index contributed by atoms with van der Waals surface area (Å²) in [6.07, 6.45) is 0. The molecule has 1 heterocycles. The van der Waals surface area contributed by atoms with Gasteiger partial charge in [-0.1, -0.05) is 6.07 Å². The molecule has 0 aliphatic carbocycles. The van der Waals surface area contributed by atoms with E-state index >= 15 is 0 Å². The normalized spacial score (nSPS) is 10.1. The van der Waals surface area contributed by atoms with Gasteiger partial charge in [0.2, 0.25) is 5.91 Å². The van der Waals surface area contributed by atoms with Crippen molar-refractivity contribution < 1.29 is 14.1 Å². The molecule has 7 nitrogen and oxygen atoms in total. The molecular weight excluding hydrogens is 262 g/mol. The number of nitro groups is 1. The van der Waals surface area contributed by atoms with E-state index < -0.39 is 4.92 Å². The first-order valence-electron chi connectivity index (χ1n) is 5.89. The number of furan rings is 1. The molecule has 0 radical (unpaired) electrons. The molecule has 0 unspecified atom stereocenters. The highest BCUT2D eigenvalue weighted by Gasteiger charge is 2.11. The number of carbonyl (C=O) groups is 1. The monoisotopic (exact) mass is 275 g/mol. The highest BCUT2D eigenvalue weighted by atomic mass is 16.6. The van der Waals surface area contributed by atoms with E-state index in [9.17, 15) is 14.9 Å². The number of carbonyl (C=O) groups excluding carboxylic acids is 1. The molecule has 1 amide bonds. The second kappa shape index (κ2) is 5.87. The summed E-state index contributed by atoms with van der Waals surface area (Å²) in [7, 11) is 0. The smallest absolute Gasteiger partial charge is 0.404 e. The van der Waals surface area contributed by atoms with Gasteiger partial charge in [-0.25, -0.2) is 0 Å². The second-order valence-corrected chi connectivity index (χ2v) is 4.11. The summed E-state index contributed by atoms with van der Waals surface area (Å²) in [5.41, 5.74) is 1.45. The van der Waals surface area contributed by atoms with Gasteiger partial charge in [-0.3, -0.25) is 14.9 Å². The lowest BCUT2D eigenvalue weighted by Gasteiger charge is -2.07. The van der Waals surface area contributed by atoms with Crippen molar-refractivity contribution in [3.63, 3.8) is 0 Å². The van der Waals surface area contributed by atoms with Crippen LogP contribution in [0.5, 0.6) is 0 Å². The molecule has 0 saturated carbocycles. The first kappa shape index (κ1) is 13.6. The Morgan fingerprint density at radius 3 is 2.70 bits per heavy atom. The minimum absolute atomic E-state index is 0.149. The summed E-state index contributed by atoms with van der Waals surface area (Å²) in [6, 6.07) is 10.00. The largest absolute Gasteiger partial charge is 0.433 e. The molecule has 0 atom stereocenters. The summed E-state index contributed by atoms with van der Waals surface area (Å²) in [5.74, 6) is 0.0271. The van der Waals surface area contributed by atoms with Crippen molar-refractivity contribution in [3.8, 4) is 0 Å². The average molecular weight is 275 g/mol. The van der Waals surface area contributed by atoms with Gasteiger partial charge in [0.05, 0.1) is 12.6 Å². The minimum Gasteiger partial charge on any atom is -0.404 e. The number of hydrogen-bond acceptors (Lipinski definition) is 5. The van der Waals surface area contributed by atoms with Crippen molar-refractivity contribution in [2.45, 2.75) is 13.5 Å².